The summed E-state index contributed by atoms with van der Waals surface area (Å²) in [5.41, 5.74) is 0.800. The van der Waals surface area contributed by atoms with Gasteiger partial charge in [-0.15, -0.1) is 5.06 Å². The molecular formula is C26H29N3O5. The average Bonchev–Trinajstić information content (AvgIpc) is 3.17. The van der Waals surface area contributed by atoms with Crippen LogP contribution in [-0.4, -0.2) is 71.6 Å². The fourth-order valence-corrected chi connectivity index (χ4v) is 5.49. The lowest BCUT2D eigenvalue weighted by Crippen LogP contribution is -2.59. The van der Waals surface area contributed by atoms with Gasteiger partial charge in [0.2, 0.25) is 5.91 Å². The number of carbonyl (C=O) groups excluding carboxylic acids is 3. The van der Waals surface area contributed by atoms with Crippen LogP contribution in [0.1, 0.15) is 30.9 Å². The Morgan fingerprint density at radius 1 is 0.912 bits per heavy atom. The minimum Gasteiger partial charge on any atom is -0.431 e. The first kappa shape index (κ1) is 22.4. The minimum absolute atomic E-state index is 0.0940. The molecule has 0 aliphatic carbocycles. The SMILES string of the molecule is CC(=O)ON1CCC(C(=O)N2CCN3C(=O)OC(c4ccccc4)(c4ccccc4)C3C2)CC1. The number of hydrogen-bond donors (Lipinski definition) is 0. The van der Waals surface area contributed by atoms with Crippen LogP contribution in [0.25, 0.3) is 0 Å². The predicted octanol–water partition coefficient (Wildman–Crippen LogP) is 2.78. The van der Waals surface area contributed by atoms with Crippen LogP contribution in [0.15, 0.2) is 60.7 Å². The zero-order chi connectivity index (χ0) is 23.7. The van der Waals surface area contributed by atoms with E-state index in [9.17, 15) is 14.4 Å². The smallest absolute Gasteiger partial charge is 0.411 e. The molecular weight excluding hydrogens is 434 g/mol. The van der Waals surface area contributed by atoms with E-state index in [1.807, 2.05) is 65.6 Å². The molecule has 3 saturated heterocycles. The average molecular weight is 464 g/mol. The van der Waals surface area contributed by atoms with Crippen LogP contribution >= 0.6 is 0 Å². The van der Waals surface area contributed by atoms with E-state index in [4.69, 9.17) is 9.57 Å². The van der Waals surface area contributed by atoms with Crippen LogP contribution < -0.4 is 0 Å². The molecule has 3 fully saturated rings. The van der Waals surface area contributed by atoms with Crippen LogP contribution in [0.3, 0.4) is 0 Å². The molecule has 3 heterocycles. The van der Waals surface area contributed by atoms with Crippen molar-refractivity contribution in [2.45, 2.75) is 31.4 Å². The van der Waals surface area contributed by atoms with E-state index in [0.717, 1.165) is 11.1 Å². The summed E-state index contributed by atoms with van der Waals surface area (Å²) in [6.07, 6.45) is 0.920. The Bertz CT molecular complexity index is 1010. The third-order valence-corrected chi connectivity index (χ3v) is 7.11. The Kier molecular flexibility index (Phi) is 6.00. The maximum Gasteiger partial charge on any atom is 0.411 e. The van der Waals surface area contributed by atoms with Crippen LogP contribution in [0.5, 0.6) is 0 Å². The van der Waals surface area contributed by atoms with Crippen LogP contribution in [0, 0.1) is 5.92 Å². The van der Waals surface area contributed by atoms with Gasteiger partial charge in [-0.2, -0.15) is 0 Å². The number of fused-ring (bicyclic) bond motifs is 1. The summed E-state index contributed by atoms with van der Waals surface area (Å²) < 4.78 is 6.19. The van der Waals surface area contributed by atoms with E-state index in [1.54, 1.807) is 9.96 Å². The molecule has 1 unspecified atom stereocenters. The third kappa shape index (κ3) is 3.92. The van der Waals surface area contributed by atoms with Crippen molar-refractivity contribution in [3.8, 4) is 0 Å². The number of cyclic esters (lactones) is 1. The summed E-state index contributed by atoms with van der Waals surface area (Å²) in [6.45, 7) is 3.78. The molecule has 8 nitrogen and oxygen atoms in total. The maximum absolute atomic E-state index is 13.5. The molecule has 0 spiro atoms. The summed E-state index contributed by atoms with van der Waals surface area (Å²) in [6, 6.07) is 19.3. The molecule has 3 aliphatic heterocycles. The fourth-order valence-electron chi connectivity index (χ4n) is 5.49. The molecule has 0 N–H and O–H groups in total. The van der Waals surface area contributed by atoms with Gasteiger partial charge in [0.25, 0.3) is 0 Å². The van der Waals surface area contributed by atoms with Gasteiger partial charge >= 0.3 is 12.1 Å². The van der Waals surface area contributed by atoms with Crippen LogP contribution in [-0.2, 0) is 24.8 Å². The molecule has 34 heavy (non-hydrogen) atoms. The summed E-state index contributed by atoms with van der Waals surface area (Å²) in [5.74, 6) is -0.374. The first-order valence-corrected chi connectivity index (χ1v) is 11.8. The van der Waals surface area contributed by atoms with Gasteiger partial charge < -0.3 is 14.5 Å². The third-order valence-electron chi connectivity index (χ3n) is 7.11. The van der Waals surface area contributed by atoms with E-state index in [2.05, 4.69) is 0 Å². The van der Waals surface area contributed by atoms with Crippen molar-refractivity contribution in [2.24, 2.45) is 5.92 Å². The Labute approximate surface area is 199 Å². The molecule has 0 radical (unpaired) electrons. The van der Waals surface area contributed by atoms with Crippen molar-refractivity contribution in [1.82, 2.24) is 14.9 Å². The van der Waals surface area contributed by atoms with E-state index in [1.165, 1.54) is 6.92 Å². The second-order valence-electron chi connectivity index (χ2n) is 9.12. The highest BCUT2D eigenvalue weighted by Crippen LogP contribution is 2.46. The lowest BCUT2D eigenvalue weighted by molar-refractivity contribution is -0.194. The van der Waals surface area contributed by atoms with Crippen molar-refractivity contribution in [3.05, 3.63) is 71.8 Å². The molecule has 8 heteroatoms. The Balaban J connectivity index is 1.41. The second-order valence-corrected chi connectivity index (χ2v) is 9.12. The van der Waals surface area contributed by atoms with Gasteiger partial charge in [-0.3, -0.25) is 14.5 Å². The van der Waals surface area contributed by atoms with E-state index in [-0.39, 0.29) is 29.9 Å². The highest BCUT2D eigenvalue weighted by atomic mass is 16.7. The second kappa shape index (κ2) is 9.10. The van der Waals surface area contributed by atoms with Crippen molar-refractivity contribution in [2.75, 3.05) is 32.7 Å². The molecule has 178 valence electrons. The standard InChI is InChI=1S/C26H29N3O5/c1-19(30)34-28-14-12-20(13-15-28)24(31)27-16-17-29-23(18-27)26(33-25(29)32,21-8-4-2-5-9-21)22-10-6-3-7-11-22/h2-11,20,23H,12-18H2,1H3. The lowest BCUT2D eigenvalue weighted by atomic mass is 9.79. The van der Waals surface area contributed by atoms with Crippen molar-refractivity contribution >= 4 is 18.0 Å². The highest BCUT2D eigenvalue weighted by Gasteiger charge is 2.58. The van der Waals surface area contributed by atoms with E-state index in [0.29, 0.717) is 45.6 Å². The van der Waals surface area contributed by atoms with Crippen molar-refractivity contribution in [1.29, 1.82) is 0 Å². The number of benzene rings is 2. The minimum atomic E-state index is -0.989. The van der Waals surface area contributed by atoms with Gasteiger partial charge in [-0.25, -0.2) is 4.79 Å². The summed E-state index contributed by atoms with van der Waals surface area (Å²) in [4.78, 5) is 46.6. The molecule has 3 aliphatic rings. The number of piperidine rings is 1. The Morgan fingerprint density at radius 2 is 1.50 bits per heavy atom. The molecule has 2 aromatic rings. The number of carbonyl (C=O) groups is 3. The summed E-state index contributed by atoms with van der Waals surface area (Å²) in [5, 5.41) is 1.63. The fraction of sp³-hybridized carbons (Fsp3) is 0.423. The number of piperazine rings is 1. The zero-order valence-corrected chi connectivity index (χ0v) is 19.3. The molecule has 2 amide bonds. The van der Waals surface area contributed by atoms with E-state index < -0.39 is 5.60 Å². The monoisotopic (exact) mass is 463 g/mol. The molecule has 0 aromatic heterocycles. The van der Waals surface area contributed by atoms with Gasteiger partial charge in [0.1, 0.15) is 6.04 Å². The quantitative estimate of drug-likeness (QED) is 0.694. The van der Waals surface area contributed by atoms with Gasteiger partial charge in [0.15, 0.2) is 5.60 Å². The Morgan fingerprint density at radius 3 is 2.06 bits per heavy atom. The molecule has 5 rings (SSSR count). The number of rotatable bonds is 4. The van der Waals surface area contributed by atoms with Crippen molar-refractivity contribution in [3.63, 3.8) is 0 Å². The number of nitrogens with zero attached hydrogens (tertiary/aromatic N) is 3. The number of hydrogen-bond acceptors (Lipinski definition) is 6. The predicted molar refractivity (Wildman–Crippen MR) is 123 cm³/mol. The van der Waals surface area contributed by atoms with Crippen LogP contribution in [0.2, 0.25) is 0 Å². The van der Waals surface area contributed by atoms with Crippen LogP contribution in [0.4, 0.5) is 4.79 Å². The van der Waals surface area contributed by atoms with Crippen molar-refractivity contribution < 1.29 is 24.0 Å². The van der Waals surface area contributed by atoms with Gasteiger partial charge in [0.05, 0.1) is 0 Å². The first-order valence-electron chi connectivity index (χ1n) is 11.8. The normalized spacial score (nSPS) is 22.7. The van der Waals surface area contributed by atoms with E-state index >= 15 is 0 Å². The summed E-state index contributed by atoms with van der Waals surface area (Å²) >= 11 is 0. The van der Waals surface area contributed by atoms with Gasteiger partial charge in [-0.05, 0) is 12.8 Å². The summed E-state index contributed by atoms with van der Waals surface area (Å²) in [7, 11) is 0. The molecule has 1 atom stereocenters. The maximum atomic E-state index is 13.5. The topological polar surface area (TPSA) is 79.4 Å². The first-order chi connectivity index (χ1) is 16.5. The van der Waals surface area contributed by atoms with Gasteiger partial charge in [0, 0.05) is 56.7 Å². The zero-order valence-electron chi connectivity index (χ0n) is 19.3. The molecule has 0 bridgehead atoms. The Hall–Kier alpha value is -3.39. The number of amides is 2. The largest absolute Gasteiger partial charge is 0.431 e. The molecule has 2 aromatic carbocycles. The number of ether oxygens (including phenoxy) is 1. The lowest BCUT2D eigenvalue weighted by Gasteiger charge is -2.43. The number of hydroxylamine groups is 2. The van der Waals surface area contributed by atoms with Gasteiger partial charge in [-0.1, -0.05) is 60.7 Å². The molecule has 0 saturated carbocycles. The highest BCUT2D eigenvalue weighted by molar-refractivity contribution is 5.80.